The SMILES string of the molecule is COC(=O)C(O)C(C)(C)CN. The molecular weight excluding hydrogens is 146 g/mol. The molecule has 4 nitrogen and oxygen atoms in total. The molecule has 66 valence electrons. The lowest BCUT2D eigenvalue weighted by Gasteiger charge is -2.26. The Balaban J connectivity index is 4.22. The molecule has 0 aromatic heterocycles. The van der Waals surface area contributed by atoms with E-state index < -0.39 is 17.5 Å². The van der Waals surface area contributed by atoms with Gasteiger partial charge in [-0.1, -0.05) is 13.8 Å². The molecule has 1 atom stereocenters. The predicted molar refractivity (Wildman–Crippen MR) is 40.9 cm³/mol. The highest BCUT2D eigenvalue weighted by Gasteiger charge is 2.32. The Morgan fingerprint density at radius 1 is 1.73 bits per heavy atom. The number of carbonyl (C=O) groups excluding carboxylic acids is 1. The van der Waals surface area contributed by atoms with E-state index in [1.165, 1.54) is 7.11 Å². The molecule has 0 aromatic carbocycles. The monoisotopic (exact) mass is 161 g/mol. The highest BCUT2D eigenvalue weighted by molar-refractivity contribution is 5.75. The number of aliphatic hydroxyl groups is 1. The van der Waals surface area contributed by atoms with Crippen molar-refractivity contribution in [3.8, 4) is 0 Å². The van der Waals surface area contributed by atoms with Crippen LogP contribution in [-0.2, 0) is 9.53 Å². The molecule has 0 spiro atoms. The zero-order valence-electron chi connectivity index (χ0n) is 7.13. The molecule has 0 saturated carbocycles. The highest BCUT2D eigenvalue weighted by atomic mass is 16.5. The number of carbonyl (C=O) groups is 1. The first-order valence-corrected chi connectivity index (χ1v) is 3.41. The summed E-state index contributed by atoms with van der Waals surface area (Å²) in [6.07, 6.45) is -1.14. The summed E-state index contributed by atoms with van der Waals surface area (Å²) in [5, 5.41) is 9.29. The summed E-state index contributed by atoms with van der Waals surface area (Å²) in [4.78, 5) is 10.8. The van der Waals surface area contributed by atoms with Gasteiger partial charge in [-0.2, -0.15) is 0 Å². The van der Waals surface area contributed by atoms with Crippen LogP contribution < -0.4 is 5.73 Å². The Labute approximate surface area is 66.3 Å². The van der Waals surface area contributed by atoms with E-state index in [0.717, 1.165) is 0 Å². The van der Waals surface area contributed by atoms with E-state index in [1.807, 2.05) is 0 Å². The van der Waals surface area contributed by atoms with Gasteiger partial charge in [0.15, 0.2) is 6.10 Å². The van der Waals surface area contributed by atoms with Crippen molar-refractivity contribution in [1.29, 1.82) is 0 Å². The maximum atomic E-state index is 10.8. The average Bonchev–Trinajstić information content (AvgIpc) is 2.01. The maximum Gasteiger partial charge on any atom is 0.335 e. The summed E-state index contributed by atoms with van der Waals surface area (Å²) >= 11 is 0. The summed E-state index contributed by atoms with van der Waals surface area (Å²) in [5.41, 5.74) is 4.71. The van der Waals surface area contributed by atoms with Gasteiger partial charge in [-0.15, -0.1) is 0 Å². The molecule has 0 heterocycles. The zero-order chi connectivity index (χ0) is 9.07. The van der Waals surface area contributed by atoms with E-state index in [0.29, 0.717) is 0 Å². The number of hydrogen-bond acceptors (Lipinski definition) is 4. The van der Waals surface area contributed by atoms with Crippen molar-refractivity contribution in [3.63, 3.8) is 0 Å². The van der Waals surface area contributed by atoms with Gasteiger partial charge in [0, 0.05) is 12.0 Å². The molecule has 0 aliphatic heterocycles. The van der Waals surface area contributed by atoms with Crippen molar-refractivity contribution in [2.75, 3.05) is 13.7 Å². The third-order valence-corrected chi connectivity index (χ3v) is 1.69. The van der Waals surface area contributed by atoms with Crippen LogP contribution in [0.15, 0.2) is 0 Å². The molecule has 0 radical (unpaired) electrons. The standard InChI is InChI=1S/C7H15NO3/c1-7(2,4-8)5(9)6(10)11-3/h5,9H,4,8H2,1-3H3. The fourth-order valence-corrected chi connectivity index (χ4v) is 0.542. The number of esters is 1. The van der Waals surface area contributed by atoms with Crippen LogP contribution in [0.5, 0.6) is 0 Å². The topological polar surface area (TPSA) is 72.5 Å². The van der Waals surface area contributed by atoms with Gasteiger partial charge in [-0.3, -0.25) is 0 Å². The normalized spacial score (nSPS) is 14.3. The van der Waals surface area contributed by atoms with Crippen molar-refractivity contribution < 1.29 is 14.6 Å². The van der Waals surface area contributed by atoms with Gasteiger partial charge in [0.05, 0.1) is 7.11 Å². The number of hydrogen-bond donors (Lipinski definition) is 2. The van der Waals surface area contributed by atoms with Crippen LogP contribution in [0.25, 0.3) is 0 Å². The molecule has 0 aliphatic rings. The van der Waals surface area contributed by atoms with Crippen LogP contribution in [0.3, 0.4) is 0 Å². The second-order valence-electron chi connectivity index (χ2n) is 3.12. The molecule has 0 amide bonds. The largest absolute Gasteiger partial charge is 0.467 e. The molecule has 3 N–H and O–H groups in total. The first-order valence-electron chi connectivity index (χ1n) is 3.41. The van der Waals surface area contributed by atoms with Crippen LogP contribution in [-0.4, -0.2) is 30.8 Å². The quantitative estimate of drug-likeness (QED) is 0.547. The van der Waals surface area contributed by atoms with Crippen LogP contribution >= 0.6 is 0 Å². The van der Waals surface area contributed by atoms with Gasteiger partial charge < -0.3 is 15.6 Å². The second kappa shape index (κ2) is 3.69. The molecule has 0 rings (SSSR count). The van der Waals surface area contributed by atoms with Crippen molar-refractivity contribution in [2.45, 2.75) is 20.0 Å². The van der Waals surface area contributed by atoms with Gasteiger partial charge in [0.25, 0.3) is 0 Å². The van der Waals surface area contributed by atoms with Gasteiger partial charge in [0.1, 0.15) is 0 Å². The summed E-state index contributed by atoms with van der Waals surface area (Å²) in [6.45, 7) is 3.65. The number of methoxy groups -OCH3 is 1. The fourth-order valence-electron chi connectivity index (χ4n) is 0.542. The van der Waals surface area contributed by atoms with Crippen molar-refractivity contribution in [1.82, 2.24) is 0 Å². The molecule has 0 fully saturated rings. The van der Waals surface area contributed by atoms with E-state index >= 15 is 0 Å². The lowest BCUT2D eigenvalue weighted by Crippen LogP contribution is -2.42. The van der Waals surface area contributed by atoms with E-state index in [9.17, 15) is 9.90 Å². The Bertz CT molecular complexity index is 145. The molecule has 0 saturated heterocycles. The van der Waals surface area contributed by atoms with E-state index in [4.69, 9.17) is 5.73 Å². The number of aliphatic hydroxyl groups excluding tert-OH is 1. The van der Waals surface area contributed by atoms with E-state index in [-0.39, 0.29) is 6.54 Å². The number of rotatable bonds is 3. The summed E-state index contributed by atoms with van der Waals surface area (Å²) in [5.74, 6) is -0.638. The van der Waals surface area contributed by atoms with Crippen molar-refractivity contribution in [2.24, 2.45) is 11.1 Å². The van der Waals surface area contributed by atoms with Gasteiger partial charge in [0.2, 0.25) is 0 Å². The highest BCUT2D eigenvalue weighted by Crippen LogP contribution is 2.19. The van der Waals surface area contributed by atoms with Crippen molar-refractivity contribution >= 4 is 5.97 Å². The fraction of sp³-hybridized carbons (Fsp3) is 0.857. The third kappa shape index (κ3) is 2.48. The van der Waals surface area contributed by atoms with Crippen LogP contribution in [0.1, 0.15) is 13.8 Å². The minimum Gasteiger partial charge on any atom is -0.467 e. The molecule has 1 unspecified atom stereocenters. The second-order valence-corrected chi connectivity index (χ2v) is 3.12. The third-order valence-electron chi connectivity index (χ3n) is 1.69. The Hall–Kier alpha value is -0.610. The maximum absolute atomic E-state index is 10.8. The first kappa shape index (κ1) is 10.4. The molecular formula is C7H15NO3. The number of nitrogens with two attached hydrogens (primary N) is 1. The number of ether oxygens (including phenoxy) is 1. The van der Waals surface area contributed by atoms with Crippen molar-refractivity contribution in [3.05, 3.63) is 0 Å². The Morgan fingerprint density at radius 2 is 2.18 bits per heavy atom. The molecule has 11 heavy (non-hydrogen) atoms. The van der Waals surface area contributed by atoms with Gasteiger partial charge in [-0.25, -0.2) is 4.79 Å². The van der Waals surface area contributed by atoms with E-state index in [1.54, 1.807) is 13.8 Å². The Kier molecular flexibility index (Phi) is 3.48. The van der Waals surface area contributed by atoms with Crippen LogP contribution in [0, 0.1) is 5.41 Å². The molecule has 0 aliphatic carbocycles. The van der Waals surface area contributed by atoms with Gasteiger partial charge >= 0.3 is 5.97 Å². The molecule has 0 bridgehead atoms. The van der Waals surface area contributed by atoms with E-state index in [2.05, 4.69) is 4.74 Å². The first-order chi connectivity index (χ1) is 4.95. The minimum absolute atomic E-state index is 0.239. The van der Waals surface area contributed by atoms with Gasteiger partial charge in [-0.05, 0) is 0 Å². The summed E-state index contributed by atoms with van der Waals surface area (Å²) in [6, 6.07) is 0. The van der Waals surface area contributed by atoms with Crippen LogP contribution in [0.4, 0.5) is 0 Å². The molecule has 4 heteroatoms. The zero-order valence-corrected chi connectivity index (χ0v) is 7.13. The lowest BCUT2D eigenvalue weighted by molar-refractivity contribution is -0.156. The average molecular weight is 161 g/mol. The summed E-state index contributed by atoms with van der Waals surface area (Å²) < 4.78 is 4.36. The van der Waals surface area contributed by atoms with Crippen LogP contribution in [0.2, 0.25) is 0 Å². The minimum atomic E-state index is -1.14. The summed E-state index contributed by atoms with van der Waals surface area (Å²) in [7, 11) is 1.23. The smallest absolute Gasteiger partial charge is 0.335 e. The lowest BCUT2D eigenvalue weighted by atomic mass is 9.87. The predicted octanol–water partition coefficient (Wildman–Crippen LogP) is -0.495. The molecule has 0 aromatic rings. The Morgan fingerprint density at radius 3 is 2.45 bits per heavy atom.